The van der Waals surface area contributed by atoms with E-state index in [9.17, 15) is 0 Å². The molecule has 1 atom stereocenters. The molecule has 0 aromatic carbocycles. The average molecular weight is 129 g/mol. The van der Waals surface area contributed by atoms with Crippen LogP contribution in [-0.4, -0.2) is 37.7 Å². The first-order valence-electron chi connectivity index (χ1n) is 3.57. The molecule has 2 heteroatoms. The Morgan fingerprint density at radius 1 is 1.67 bits per heavy atom. The van der Waals surface area contributed by atoms with Crippen LogP contribution in [0.2, 0.25) is 0 Å². The van der Waals surface area contributed by atoms with Crippen molar-refractivity contribution in [1.29, 1.82) is 0 Å². The summed E-state index contributed by atoms with van der Waals surface area (Å²) in [6.45, 7) is 5.52. The van der Waals surface area contributed by atoms with Crippen LogP contribution in [0.5, 0.6) is 0 Å². The van der Waals surface area contributed by atoms with Crippen LogP contribution in [0.3, 0.4) is 0 Å². The van der Waals surface area contributed by atoms with Crippen molar-refractivity contribution >= 4 is 0 Å². The van der Waals surface area contributed by atoms with Gasteiger partial charge in [0.15, 0.2) is 0 Å². The van der Waals surface area contributed by atoms with Crippen molar-refractivity contribution in [3.8, 4) is 0 Å². The largest absolute Gasteiger partial charge is 0.383 e. The van der Waals surface area contributed by atoms with Gasteiger partial charge in [-0.05, 0) is 19.9 Å². The van der Waals surface area contributed by atoms with Crippen LogP contribution in [0.25, 0.3) is 0 Å². The molecule has 0 saturated carbocycles. The molecule has 1 aliphatic rings. The number of hydrogen-bond acceptors (Lipinski definition) is 2. The molecular formula is C7H15NO. The highest BCUT2D eigenvalue weighted by molar-refractivity contribution is 4.77. The van der Waals surface area contributed by atoms with Crippen LogP contribution in [0.4, 0.5) is 0 Å². The fourth-order valence-corrected chi connectivity index (χ4v) is 1.11. The van der Waals surface area contributed by atoms with Crippen molar-refractivity contribution in [3.05, 3.63) is 0 Å². The van der Waals surface area contributed by atoms with E-state index in [0.29, 0.717) is 0 Å². The zero-order valence-corrected chi connectivity index (χ0v) is 6.26. The molecule has 0 spiro atoms. The molecule has 0 aliphatic carbocycles. The normalized spacial score (nSPS) is 28.0. The Morgan fingerprint density at radius 2 is 2.44 bits per heavy atom. The third-order valence-corrected chi connectivity index (χ3v) is 2.04. The smallest absolute Gasteiger partial charge is 0.0589 e. The molecule has 1 aliphatic heterocycles. The summed E-state index contributed by atoms with van der Waals surface area (Å²) in [4.78, 5) is 2.43. The highest BCUT2D eigenvalue weighted by Gasteiger charge is 2.21. The summed E-state index contributed by atoms with van der Waals surface area (Å²) in [7, 11) is 1.75. The first-order chi connectivity index (χ1) is 4.34. The van der Waals surface area contributed by atoms with Crippen molar-refractivity contribution in [2.24, 2.45) is 0 Å². The van der Waals surface area contributed by atoms with Gasteiger partial charge in [0, 0.05) is 19.7 Å². The lowest BCUT2D eigenvalue weighted by molar-refractivity contribution is 0.0654. The summed E-state index contributed by atoms with van der Waals surface area (Å²) in [5, 5.41) is 0. The maximum absolute atomic E-state index is 4.95. The molecule has 2 nitrogen and oxygen atoms in total. The molecule has 0 radical (unpaired) electrons. The Labute approximate surface area is 56.8 Å². The number of likely N-dealkylation sites (tertiary alicyclic amines) is 1. The molecule has 0 amide bonds. The van der Waals surface area contributed by atoms with Gasteiger partial charge in [0.1, 0.15) is 0 Å². The molecule has 1 saturated heterocycles. The molecule has 0 aromatic heterocycles. The van der Waals surface area contributed by atoms with Crippen LogP contribution in [0.1, 0.15) is 13.3 Å². The van der Waals surface area contributed by atoms with Gasteiger partial charge >= 0.3 is 0 Å². The van der Waals surface area contributed by atoms with Gasteiger partial charge in [-0.3, -0.25) is 4.90 Å². The molecule has 54 valence electrons. The second kappa shape index (κ2) is 3.18. The summed E-state index contributed by atoms with van der Waals surface area (Å²) < 4.78 is 4.95. The number of rotatable bonds is 3. The quantitative estimate of drug-likeness (QED) is 0.557. The standard InChI is InChI=1S/C7H15NO/c1-7-3-4-8(7)5-6-9-2/h7H,3-6H2,1-2H3/t7-/m1/s1. The Hall–Kier alpha value is -0.0800. The fraction of sp³-hybridized carbons (Fsp3) is 1.00. The summed E-state index contributed by atoms with van der Waals surface area (Å²) in [5.74, 6) is 0. The molecule has 0 bridgehead atoms. The van der Waals surface area contributed by atoms with E-state index in [1.165, 1.54) is 13.0 Å². The van der Waals surface area contributed by atoms with Gasteiger partial charge in [-0.2, -0.15) is 0 Å². The summed E-state index contributed by atoms with van der Waals surface area (Å²) in [5.41, 5.74) is 0. The topological polar surface area (TPSA) is 12.5 Å². The summed E-state index contributed by atoms with van der Waals surface area (Å²) in [6, 6.07) is 0.806. The fourth-order valence-electron chi connectivity index (χ4n) is 1.11. The molecule has 9 heavy (non-hydrogen) atoms. The minimum atomic E-state index is 0.806. The Bertz CT molecular complexity index is 85.0. The molecular weight excluding hydrogens is 114 g/mol. The van der Waals surface area contributed by atoms with Gasteiger partial charge in [-0.1, -0.05) is 0 Å². The molecule has 0 N–H and O–H groups in total. The van der Waals surface area contributed by atoms with Crippen LogP contribution in [0, 0.1) is 0 Å². The lowest BCUT2D eigenvalue weighted by Crippen LogP contribution is -2.46. The van der Waals surface area contributed by atoms with Crippen molar-refractivity contribution in [3.63, 3.8) is 0 Å². The van der Waals surface area contributed by atoms with E-state index in [2.05, 4.69) is 11.8 Å². The summed E-state index contributed by atoms with van der Waals surface area (Å²) >= 11 is 0. The van der Waals surface area contributed by atoms with Crippen LogP contribution >= 0.6 is 0 Å². The first-order valence-corrected chi connectivity index (χ1v) is 3.57. The van der Waals surface area contributed by atoms with Gasteiger partial charge in [0.2, 0.25) is 0 Å². The molecule has 0 unspecified atom stereocenters. The van der Waals surface area contributed by atoms with Gasteiger partial charge in [-0.15, -0.1) is 0 Å². The van der Waals surface area contributed by atoms with E-state index in [4.69, 9.17) is 4.74 Å². The predicted molar refractivity (Wildman–Crippen MR) is 37.5 cm³/mol. The second-order valence-electron chi connectivity index (χ2n) is 2.67. The van der Waals surface area contributed by atoms with Gasteiger partial charge < -0.3 is 4.74 Å². The average Bonchev–Trinajstić information content (AvgIpc) is 1.86. The van der Waals surface area contributed by atoms with E-state index in [1.807, 2.05) is 0 Å². The van der Waals surface area contributed by atoms with Crippen molar-refractivity contribution in [1.82, 2.24) is 4.90 Å². The highest BCUT2D eigenvalue weighted by Crippen LogP contribution is 2.14. The van der Waals surface area contributed by atoms with Crippen LogP contribution in [0.15, 0.2) is 0 Å². The third kappa shape index (κ3) is 1.66. The molecule has 1 fully saturated rings. The van der Waals surface area contributed by atoms with Gasteiger partial charge in [0.25, 0.3) is 0 Å². The molecule has 0 aromatic rings. The molecule has 1 rings (SSSR count). The highest BCUT2D eigenvalue weighted by atomic mass is 16.5. The van der Waals surface area contributed by atoms with Crippen molar-refractivity contribution < 1.29 is 4.74 Å². The van der Waals surface area contributed by atoms with Gasteiger partial charge in [-0.25, -0.2) is 0 Å². The zero-order chi connectivity index (χ0) is 6.69. The summed E-state index contributed by atoms with van der Waals surface area (Å²) in [6.07, 6.45) is 1.36. The number of ether oxygens (including phenoxy) is 1. The Kier molecular flexibility index (Phi) is 2.49. The minimum Gasteiger partial charge on any atom is -0.383 e. The van der Waals surface area contributed by atoms with E-state index >= 15 is 0 Å². The Morgan fingerprint density at radius 3 is 2.78 bits per heavy atom. The predicted octanol–water partition coefficient (Wildman–Crippen LogP) is 0.727. The van der Waals surface area contributed by atoms with Crippen LogP contribution < -0.4 is 0 Å². The lowest BCUT2D eigenvalue weighted by atomic mass is 10.1. The molecule has 1 heterocycles. The van der Waals surface area contributed by atoms with E-state index in [1.54, 1.807) is 7.11 Å². The zero-order valence-electron chi connectivity index (χ0n) is 6.26. The maximum Gasteiger partial charge on any atom is 0.0589 e. The number of nitrogens with zero attached hydrogens (tertiary/aromatic N) is 1. The van der Waals surface area contributed by atoms with E-state index < -0.39 is 0 Å². The maximum atomic E-state index is 4.95. The Balaban J connectivity index is 1.99. The van der Waals surface area contributed by atoms with Gasteiger partial charge in [0.05, 0.1) is 6.61 Å². The van der Waals surface area contributed by atoms with Crippen LogP contribution in [-0.2, 0) is 4.74 Å². The monoisotopic (exact) mass is 129 g/mol. The number of methoxy groups -OCH3 is 1. The third-order valence-electron chi connectivity index (χ3n) is 2.04. The van der Waals surface area contributed by atoms with E-state index in [-0.39, 0.29) is 0 Å². The van der Waals surface area contributed by atoms with E-state index in [0.717, 1.165) is 19.2 Å². The first kappa shape index (κ1) is 7.03. The number of hydrogen-bond donors (Lipinski definition) is 0. The minimum absolute atomic E-state index is 0.806. The SMILES string of the molecule is COCCN1CC[C@H]1C. The van der Waals surface area contributed by atoms with Crippen molar-refractivity contribution in [2.75, 3.05) is 26.8 Å². The lowest BCUT2D eigenvalue weighted by Gasteiger charge is -2.38. The second-order valence-corrected chi connectivity index (χ2v) is 2.67. The van der Waals surface area contributed by atoms with Crippen molar-refractivity contribution in [2.45, 2.75) is 19.4 Å².